The van der Waals surface area contributed by atoms with Crippen LogP contribution in [0.4, 0.5) is 17.5 Å². The van der Waals surface area contributed by atoms with Gasteiger partial charge in [0.25, 0.3) is 0 Å². The van der Waals surface area contributed by atoms with Crippen molar-refractivity contribution >= 4 is 29.1 Å². The summed E-state index contributed by atoms with van der Waals surface area (Å²) in [5.41, 5.74) is 8.21. The molecule has 5 nitrogen and oxygen atoms in total. The molecule has 1 heterocycles. The van der Waals surface area contributed by atoms with Crippen LogP contribution in [0.2, 0.25) is 5.02 Å². The van der Waals surface area contributed by atoms with Crippen molar-refractivity contribution in [1.82, 2.24) is 9.97 Å². The zero-order valence-corrected chi connectivity index (χ0v) is 13.9. The molecule has 0 fully saturated rings. The van der Waals surface area contributed by atoms with Crippen molar-refractivity contribution in [2.75, 3.05) is 17.7 Å². The highest BCUT2D eigenvalue weighted by molar-refractivity contribution is 6.31. The van der Waals surface area contributed by atoms with Gasteiger partial charge in [0.2, 0.25) is 5.95 Å². The zero-order chi connectivity index (χ0) is 16.9. The summed E-state index contributed by atoms with van der Waals surface area (Å²) in [5.74, 6) is 1.48. The molecule has 1 aromatic heterocycles. The van der Waals surface area contributed by atoms with Crippen molar-refractivity contribution < 1.29 is 4.74 Å². The molecule has 0 atom stereocenters. The fraction of sp³-hybridized carbons (Fsp3) is 0.111. The van der Waals surface area contributed by atoms with E-state index in [-0.39, 0.29) is 5.95 Å². The van der Waals surface area contributed by atoms with Gasteiger partial charge < -0.3 is 15.8 Å². The van der Waals surface area contributed by atoms with Crippen molar-refractivity contribution in [1.29, 1.82) is 0 Å². The quantitative estimate of drug-likeness (QED) is 0.714. The minimum Gasteiger partial charge on any atom is -0.493 e. The molecule has 0 aliphatic rings. The zero-order valence-electron chi connectivity index (χ0n) is 13.2. The number of nitrogens with two attached hydrogens (primary N) is 1. The number of anilines is 3. The van der Waals surface area contributed by atoms with Crippen LogP contribution in [0.3, 0.4) is 0 Å². The number of nitrogens with one attached hydrogen (secondary N) is 1. The number of hydrogen-bond acceptors (Lipinski definition) is 5. The molecular weight excluding hydrogens is 324 g/mol. The Morgan fingerprint density at radius 1 is 1.08 bits per heavy atom. The molecule has 0 amide bonds. The van der Waals surface area contributed by atoms with E-state index in [0.29, 0.717) is 28.9 Å². The number of nitrogens with zero attached hydrogens (tertiary/aromatic N) is 2. The van der Waals surface area contributed by atoms with Gasteiger partial charge in [0.15, 0.2) is 0 Å². The number of benzene rings is 2. The second kappa shape index (κ2) is 7.19. The highest BCUT2D eigenvalue weighted by Gasteiger charge is 2.11. The van der Waals surface area contributed by atoms with Gasteiger partial charge in [-0.1, -0.05) is 29.8 Å². The average molecular weight is 341 g/mol. The first-order valence-electron chi connectivity index (χ1n) is 7.55. The largest absolute Gasteiger partial charge is 0.493 e. The van der Waals surface area contributed by atoms with Crippen molar-refractivity contribution in [3.8, 4) is 17.0 Å². The van der Waals surface area contributed by atoms with Crippen molar-refractivity contribution in [2.45, 2.75) is 6.92 Å². The number of aromatic nitrogens is 2. The number of nitrogen functional groups attached to an aromatic ring is 1. The van der Waals surface area contributed by atoms with E-state index in [2.05, 4.69) is 15.3 Å². The van der Waals surface area contributed by atoms with Crippen molar-refractivity contribution in [2.24, 2.45) is 0 Å². The highest BCUT2D eigenvalue weighted by atomic mass is 35.5. The molecule has 0 saturated heterocycles. The molecule has 6 heteroatoms. The number of rotatable bonds is 5. The summed E-state index contributed by atoms with van der Waals surface area (Å²) in [7, 11) is 0. The van der Waals surface area contributed by atoms with E-state index in [0.717, 1.165) is 11.3 Å². The van der Waals surface area contributed by atoms with Crippen molar-refractivity contribution in [3.05, 3.63) is 59.6 Å². The first-order valence-corrected chi connectivity index (χ1v) is 7.93. The third-order valence-corrected chi connectivity index (χ3v) is 3.54. The van der Waals surface area contributed by atoms with Gasteiger partial charge in [-0.3, -0.25) is 0 Å². The van der Waals surface area contributed by atoms with Crippen LogP contribution >= 0.6 is 11.6 Å². The van der Waals surface area contributed by atoms with Crippen LogP contribution in [0.25, 0.3) is 11.3 Å². The normalized spacial score (nSPS) is 10.4. The minimum atomic E-state index is 0.174. The van der Waals surface area contributed by atoms with Crippen LogP contribution in [0.5, 0.6) is 5.75 Å². The van der Waals surface area contributed by atoms with Gasteiger partial charge in [-0.2, -0.15) is 4.98 Å². The Balaban J connectivity index is 2.01. The molecule has 0 aliphatic heterocycles. The Morgan fingerprint density at radius 3 is 2.62 bits per heavy atom. The van der Waals surface area contributed by atoms with E-state index in [9.17, 15) is 0 Å². The van der Waals surface area contributed by atoms with Gasteiger partial charge in [0.1, 0.15) is 11.6 Å². The SMILES string of the molecule is CCOc1ccc(Cl)cc1-c1cc(Nc2ccccc2)nc(N)n1. The van der Waals surface area contributed by atoms with Gasteiger partial charge in [0, 0.05) is 22.3 Å². The predicted molar refractivity (Wildman–Crippen MR) is 97.8 cm³/mol. The Hall–Kier alpha value is -2.79. The number of hydrogen-bond donors (Lipinski definition) is 2. The lowest BCUT2D eigenvalue weighted by Gasteiger charge is -2.12. The van der Waals surface area contributed by atoms with E-state index < -0.39 is 0 Å². The molecular formula is C18H17ClN4O. The summed E-state index contributed by atoms with van der Waals surface area (Å²) < 4.78 is 5.66. The maximum absolute atomic E-state index is 6.13. The number of ether oxygens (including phenoxy) is 1. The number of para-hydroxylation sites is 1. The Kier molecular flexibility index (Phi) is 4.82. The van der Waals surface area contributed by atoms with Gasteiger partial charge in [-0.25, -0.2) is 4.98 Å². The second-order valence-corrected chi connectivity index (χ2v) is 5.50. The van der Waals surface area contributed by atoms with Crippen LogP contribution < -0.4 is 15.8 Å². The molecule has 0 aliphatic carbocycles. The summed E-state index contributed by atoms with van der Waals surface area (Å²) in [6.45, 7) is 2.47. The molecule has 0 spiro atoms. The van der Waals surface area contributed by atoms with Gasteiger partial charge in [-0.05, 0) is 37.3 Å². The van der Waals surface area contributed by atoms with E-state index in [1.165, 1.54) is 0 Å². The molecule has 3 N–H and O–H groups in total. The third kappa shape index (κ3) is 3.75. The van der Waals surface area contributed by atoms with E-state index in [1.54, 1.807) is 12.1 Å². The maximum Gasteiger partial charge on any atom is 0.222 e. The molecule has 0 radical (unpaired) electrons. The Bertz CT molecular complexity index is 840. The summed E-state index contributed by atoms with van der Waals surface area (Å²) in [6.07, 6.45) is 0. The third-order valence-electron chi connectivity index (χ3n) is 3.31. The van der Waals surface area contributed by atoms with Crippen LogP contribution in [0.1, 0.15) is 6.92 Å². The fourth-order valence-electron chi connectivity index (χ4n) is 2.32. The van der Waals surface area contributed by atoms with Gasteiger partial charge in [-0.15, -0.1) is 0 Å². The van der Waals surface area contributed by atoms with Crippen molar-refractivity contribution in [3.63, 3.8) is 0 Å². The molecule has 2 aromatic carbocycles. The summed E-state index contributed by atoms with van der Waals surface area (Å²) in [6, 6.07) is 17.0. The fourth-order valence-corrected chi connectivity index (χ4v) is 2.49. The standard InChI is InChI=1S/C18H17ClN4O/c1-2-24-16-9-8-12(19)10-14(16)15-11-17(23-18(20)22-15)21-13-6-4-3-5-7-13/h3-11H,2H2,1H3,(H3,20,21,22,23). The molecule has 3 aromatic rings. The van der Waals surface area contributed by atoms with E-state index in [1.807, 2.05) is 49.4 Å². The maximum atomic E-state index is 6.13. The lowest BCUT2D eigenvalue weighted by atomic mass is 10.1. The first kappa shape index (κ1) is 16.1. The predicted octanol–water partition coefficient (Wildman–Crippen LogP) is 4.52. The molecule has 24 heavy (non-hydrogen) atoms. The van der Waals surface area contributed by atoms with Crippen LogP contribution in [-0.2, 0) is 0 Å². The highest BCUT2D eigenvalue weighted by Crippen LogP contribution is 2.33. The first-order chi connectivity index (χ1) is 11.7. The lowest BCUT2D eigenvalue weighted by molar-refractivity contribution is 0.341. The summed E-state index contributed by atoms with van der Waals surface area (Å²) in [4.78, 5) is 8.55. The lowest BCUT2D eigenvalue weighted by Crippen LogP contribution is -2.02. The topological polar surface area (TPSA) is 73.1 Å². The monoisotopic (exact) mass is 340 g/mol. The molecule has 0 bridgehead atoms. The Morgan fingerprint density at radius 2 is 1.88 bits per heavy atom. The molecule has 122 valence electrons. The van der Waals surface area contributed by atoms with Crippen LogP contribution in [-0.4, -0.2) is 16.6 Å². The van der Waals surface area contributed by atoms with Gasteiger partial charge >= 0.3 is 0 Å². The molecule has 0 unspecified atom stereocenters. The van der Waals surface area contributed by atoms with E-state index in [4.69, 9.17) is 22.1 Å². The molecule has 3 rings (SSSR count). The average Bonchev–Trinajstić information content (AvgIpc) is 2.57. The minimum absolute atomic E-state index is 0.174. The summed E-state index contributed by atoms with van der Waals surface area (Å²) >= 11 is 6.13. The van der Waals surface area contributed by atoms with Gasteiger partial charge in [0.05, 0.1) is 12.3 Å². The summed E-state index contributed by atoms with van der Waals surface area (Å²) in [5, 5.41) is 3.82. The van der Waals surface area contributed by atoms with Crippen LogP contribution in [0, 0.1) is 0 Å². The molecule has 0 saturated carbocycles. The second-order valence-electron chi connectivity index (χ2n) is 5.06. The number of halogens is 1. The van der Waals surface area contributed by atoms with E-state index >= 15 is 0 Å². The smallest absolute Gasteiger partial charge is 0.222 e. The van der Waals surface area contributed by atoms with Crippen LogP contribution in [0.15, 0.2) is 54.6 Å². The Labute approximate surface area is 145 Å².